The minimum atomic E-state index is -0.991. The van der Waals surface area contributed by atoms with Gasteiger partial charge in [0.05, 0.1) is 23.2 Å². The smallest absolute Gasteiger partial charge is 0.186 e. The van der Waals surface area contributed by atoms with Crippen molar-refractivity contribution in [3.05, 3.63) is 108 Å². The number of ether oxygens (including phenoxy) is 3. The average Bonchev–Trinajstić information content (AvgIpc) is 2.97. The third-order valence-corrected chi connectivity index (χ3v) is 10.6. The van der Waals surface area contributed by atoms with Gasteiger partial charge in [0.15, 0.2) is 21.6 Å². The molecule has 6 nitrogen and oxygen atoms in total. The van der Waals surface area contributed by atoms with Crippen molar-refractivity contribution in [1.29, 1.82) is 0 Å². The quantitative estimate of drug-likeness (QED) is 0.245. The lowest BCUT2D eigenvalue weighted by molar-refractivity contribution is -0.191. The average molecular weight is 611 g/mol. The molecule has 0 spiro atoms. The van der Waals surface area contributed by atoms with Gasteiger partial charge in [-0.25, -0.2) is 0 Å². The Hall–Kier alpha value is -2.40. The number of carbonyl (C=O) groups is 3. The highest BCUT2D eigenvalue weighted by molar-refractivity contribution is 8.19. The van der Waals surface area contributed by atoms with Crippen molar-refractivity contribution in [2.75, 3.05) is 13.7 Å². The summed E-state index contributed by atoms with van der Waals surface area (Å²) in [7, 11) is 1.52. The SMILES string of the molecule is CO[C@H]1O[C@H](COC(c2ccccc2)(c2ccccc2)c2ccccc2)[C@@H](SC(C)=O)[C@H](SC(C)=O)[C@H]1SC(C)=O. The molecule has 3 aromatic carbocycles. The second-order valence-corrected chi connectivity index (χ2v) is 13.7. The van der Waals surface area contributed by atoms with Crippen LogP contribution >= 0.6 is 35.3 Å². The topological polar surface area (TPSA) is 78.9 Å². The molecule has 0 N–H and O–H groups in total. The molecule has 9 heteroatoms. The fourth-order valence-corrected chi connectivity index (χ4v) is 8.83. The molecule has 3 aromatic rings. The van der Waals surface area contributed by atoms with E-state index in [0.717, 1.165) is 52.0 Å². The van der Waals surface area contributed by atoms with Crippen LogP contribution in [0.15, 0.2) is 91.0 Å². The Morgan fingerprint density at radius 1 is 0.659 bits per heavy atom. The monoisotopic (exact) mass is 610 g/mol. The van der Waals surface area contributed by atoms with E-state index in [1.165, 1.54) is 27.9 Å². The first-order valence-corrected chi connectivity index (χ1v) is 15.9. The summed E-state index contributed by atoms with van der Waals surface area (Å²) in [6, 6.07) is 30.0. The number of hydrogen-bond donors (Lipinski definition) is 0. The van der Waals surface area contributed by atoms with Gasteiger partial charge in [-0.3, -0.25) is 14.4 Å². The van der Waals surface area contributed by atoms with E-state index in [2.05, 4.69) is 0 Å². The van der Waals surface area contributed by atoms with Crippen molar-refractivity contribution in [3.63, 3.8) is 0 Å². The summed E-state index contributed by atoms with van der Waals surface area (Å²) in [5.74, 6) is 0. The van der Waals surface area contributed by atoms with Crippen molar-refractivity contribution in [1.82, 2.24) is 0 Å². The van der Waals surface area contributed by atoms with Gasteiger partial charge in [-0.05, 0) is 16.7 Å². The summed E-state index contributed by atoms with van der Waals surface area (Å²) in [5, 5.41) is -1.72. The Kier molecular flexibility index (Phi) is 11.3. The van der Waals surface area contributed by atoms with Crippen LogP contribution in [-0.4, -0.2) is 57.2 Å². The fourth-order valence-electron chi connectivity index (χ4n) is 5.15. The highest BCUT2D eigenvalue weighted by Gasteiger charge is 2.50. The second kappa shape index (κ2) is 14.7. The van der Waals surface area contributed by atoms with Crippen LogP contribution in [0, 0.1) is 0 Å². The van der Waals surface area contributed by atoms with Crippen LogP contribution in [0.5, 0.6) is 0 Å². The minimum absolute atomic E-state index is 0.0932. The molecule has 0 unspecified atom stereocenters. The Morgan fingerprint density at radius 2 is 1.05 bits per heavy atom. The maximum atomic E-state index is 12.5. The van der Waals surface area contributed by atoms with Crippen LogP contribution in [0.1, 0.15) is 37.5 Å². The van der Waals surface area contributed by atoms with Gasteiger partial charge < -0.3 is 14.2 Å². The van der Waals surface area contributed by atoms with Gasteiger partial charge in [0.25, 0.3) is 0 Å². The van der Waals surface area contributed by atoms with E-state index >= 15 is 0 Å². The fraction of sp³-hybridized carbons (Fsp3) is 0.344. The van der Waals surface area contributed by atoms with Crippen molar-refractivity contribution in [2.24, 2.45) is 0 Å². The summed E-state index contributed by atoms with van der Waals surface area (Å²) < 4.78 is 19.2. The first kappa shape index (κ1) is 31.5. The summed E-state index contributed by atoms with van der Waals surface area (Å²) in [6.45, 7) is 4.55. The standard InChI is InChI=1S/C32H34O6S3/c1-21(33)39-28-27(38-31(36-4)30(41-23(3)35)29(28)40-22(2)34)20-37-32(24-14-8-5-9-15-24,25-16-10-6-11-17-25)26-18-12-7-13-19-26/h5-19,27-31H,20H2,1-4H3/t27-,28-,29+,30-,31+/m1/s1. The molecular weight excluding hydrogens is 577 g/mol. The van der Waals surface area contributed by atoms with Crippen LogP contribution in [0.2, 0.25) is 0 Å². The molecule has 0 radical (unpaired) electrons. The molecule has 4 rings (SSSR count). The van der Waals surface area contributed by atoms with Gasteiger partial charge in [0.2, 0.25) is 0 Å². The molecule has 1 aliphatic heterocycles. The lowest BCUT2D eigenvalue weighted by Crippen LogP contribution is -2.57. The van der Waals surface area contributed by atoms with E-state index < -0.39 is 33.7 Å². The van der Waals surface area contributed by atoms with Crippen LogP contribution in [0.25, 0.3) is 0 Å². The van der Waals surface area contributed by atoms with E-state index in [-0.39, 0.29) is 22.0 Å². The van der Waals surface area contributed by atoms with E-state index in [4.69, 9.17) is 14.2 Å². The largest absolute Gasteiger partial charge is 0.358 e. The molecule has 1 heterocycles. The van der Waals surface area contributed by atoms with Crippen LogP contribution in [0.4, 0.5) is 0 Å². The first-order chi connectivity index (χ1) is 19.8. The Balaban J connectivity index is 1.80. The lowest BCUT2D eigenvalue weighted by atomic mass is 9.80. The van der Waals surface area contributed by atoms with Gasteiger partial charge in [0.1, 0.15) is 5.60 Å². The van der Waals surface area contributed by atoms with Gasteiger partial charge in [0, 0.05) is 33.1 Å². The number of thioether (sulfide) groups is 3. The van der Waals surface area contributed by atoms with Gasteiger partial charge in [-0.2, -0.15) is 0 Å². The third-order valence-electron chi connectivity index (χ3n) is 6.73. The number of hydrogen-bond acceptors (Lipinski definition) is 9. The number of carbonyl (C=O) groups excluding carboxylic acids is 3. The van der Waals surface area contributed by atoms with E-state index in [1.54, 1.807) is 0 Å². The van der Waals surface area contributed by atoms with E-state index in [0.29, 0.717) is 0 Å². The van der Waals surface area contributed by atoms with Crippen LogP contribution < -0.4 is 0 Å². The van der Waals surface area contributed by atoms with Crippen LogP contribution in [0.3, 0.4) is 0 Å². The van der Waals surface area contributed by atoms with Gasteiger partial charge in [-0.15, -0.1) is 0 Å². The highest BCUT2D eigenvalue weighted by atomic mass is 32.2. The molecule has 0 amide bonds. The third kappa shape index (κ3) is 7.52. The molecule has 0 aromatic heterocycles. The Bertz CT molecular complexity index is 1210. The molecule has 0 aliphatic carbocycles. The normalized spacial score (nSPS) is 22.7. The molecule has 1 saturated heterocycles. The maximum absolute atomic E-state index is 12.5. The molecule has 1 aliphatic rings. The van der Waals surface area contributed by atoms with E-state index in [1.807, 2.05) is 91.0 Å². The molecular formula is C32H34O6S3. The van der Waals surface area contributed by atoms with Gasteiger partial charge in [-0.1, -0.05) is 126 Å². The summed E-state index contributed by atoms with van der Waals surface area (Å²) in [4.78, 5) is 37.1. The number of rotatable bonds is 10. The first-order valence-electron chi connectivity index (χ1n) is 13.3. The molecule has 0 saturated carbocycles. The Morgan fingerprint density at radius 3 is 1.44 bits per heavy atom. The van der Waals surface area contributed by atoms with Gasteiger partial charge >= 0.3 is 0 Å². The number of benzene rings is 3. The summed E-state index contributed by atoms with van der Waals surface area (Å²) in [5.41, 5.74) is 1.82. The summed E-state index contributed by atoms with van der Waals surface area (Å²) >= 11 is 3.32. The number of methoxy groups -OCH3 is 1. The van der Waals surface area contributed by atoms with Crippen molar-refractivity contribution in [2.45, 2.75) is 54.5 Å². The van der Waals surface area contributed by atoms with E-state index in [9.17, 15) is 14.4 Å². The minimum Gasteiger partial charge on any atom is -0.358 e. The zero-order chi connectivity index (χ0) is 29.4. The van der Waals surface area contributed by atoms with Crippen LogP contribution in [-0.2, 0) is 34.2 Å². The highest BCUT2D eigenvalue weighted by Crippen LogP contribution is 2.45. The molecule has 41 heavy (non-hydrogen) atoms. The van der Waals surface area contributed by atoms with Crippen molar-refractivity contribution >= 4 is 50.6 Å². The predicted octanol–water partition coefficient (Wildman–Crippen LogP) is 6.31. The Labute approximate surface area is 254 Å². The summed E-state index contributed by atoms with van der Waals surface area (Å²) in [6.07, 6.45) is -1.40. The van der Waals surface area contributed by atoms with Crippen molar-refractivity contribution in [3.8, 4) is 0 Å². The predicted molar refractivity (Wildman–Crippen MR) is 167 cm³/mol. The lowest BCUT2D eigenvalue weighted by Gasteiger charge is -2.46. The maximum Gasteiger partial charge on any atom is 0.186 e. The van der Waals surface area contributed by atoms with Crippen molar-refractivity contribution < 1.29 is 28.6 Å². The zero-order valence-electron chi connectivity index (χ0n) is 23.4. The molecule has 1 fully saturated rings. The molecule has 5 atom stereocenters. The molecule has 216 valence electrons. The zero-order valence-corrected chi connectivity index (χ0v) is 25.9. The molecule has 0 bridgehead atoms. The second-order valence-electron chi connectivity index (χ2n) is 9.59.